The van der Waals surface area contributed by atoms with E-state index in [0.29, 0.717) is 0 Å². The zero-order chi connectivity index (χ0) is 5.70. The van der Waals surface area contributed by atoms with Crippen molar-refractivity contribution in [2.24, 2.45) is 0 Å². The molecule has 0 saturated carbocycles. The molecule has 0 rings (SSSR count). The number of hydrogen-bond donors (Lipinski definition) is 2. The summed E-state index contributed by atoms with van der Waals surface area (Å²) in [5, 5.41) is 15.9. The minimum atomic E-state index is -1.68. The zero-order valence-electron chi connectivity index (χ0n) is 4.03. The first-order chi connectivity index (χ1) is 3.27. The van der Waals surface area contributed by atoms with Gasteiger partial charge in [0.15, 0.2) is 0 Å². The van der Waals surface area contributed by atoms with Gasteiger partial charge in [-0.1, -0.05) is 6.08 Å². The molecule has 0 aliphatic carbocycles. The molecule has 0 spiro atoms. The van der Waals surface area contributed by atoms with E-state index in [4.69, 9.17) is 10.0 Å². The largest absolute Gasteiger partial charge is 0.707 e. The fraction of sp³-hybridized carbons (Fsp3) is 0.333. The van der Waals surface area contributed by atoms with Gasteiger partial charge in [0.05, 0.1) is 6.26 Å². The van der Waals surface area contributed by atoms with Crippen LogP contribution < -0.4 is 0 Å². The molecule has 0 aliphatic heterocycles. The van der Waals surface area contributed by atoms with Gasteiger partial charge < -0.3 is 14.7 Å². The Labute approximate surface area is 42.4 Å². The van der Waals surface area contributed by atoms with Crippen LogP contribution in [-0.4, -0.2) is 17.4 Å². The molecule has 0 aromatic rings. The van der Waals surface area contributed by atoms with Gasteiger partial charge in [0.1, 0.15) is 0 Å². The van der Waals surface area contributed by atoms with Gasteiger partial charge in [0.2, 0.25) is 0 Å². The van der Waals surface area contributed by atoms with Gasteiger partial charge in [0, 0.05) is 0 Å². The first-order valence-corrected chi connectivity index (χ1v) is 1.90. The molecule has 0 saturated heterocycles. The predicted molar refractivity (Wildman–Crippen MR) is 26.1 cm³/mol. The molecule has 0 unspecified atom stereocenters. The monoisotopic (exact) mass is 102 g/mol. The van der Waals surface area contributed by atoms with E-state index in [1.165, 1.54) is 6.26 Å². The quantitative estimate of drug-likeness (QED) is 0.365. The summed E-state index contributed by atoms with van der Waals surface area (Å²) in [5.74, 6) is 0. The normalized spacial score (nSPS) is 9.57. The van der Waals surface area contributed by atoms with Crippen molar-refractivity contribution in [3.63, 3.8) is 0 Å². The fourth-order valence-electron chi connectivity index (χ4n) is 0.149. The molecule has 40 valence electrons. The molecule has 4 heteroatoms. The molecular formula is C3H7BO3. The Hall–Kier alpha value is -0.475. The van der Waals surface area contributed by atoms with Crippen molar-refractivity contribution in [3.8, 4) is 0 Å². The predicted octanol–water partition coefficient (Wildman–Crippen LogP) is -0.494. The second-order valence-corrected chi connectivity index (χ2v) is 0.932. The van der Waals surface area contributed by atoms with Gasteiger partial charge in [-0.25, -0.2) is 0 Å². The van der Waals surface area contributed by atoms with Crippen LogP contribution >= 0.6 is 0 Å². The van der Waals surface area contributed by atoms with Crippen LogP contribution in [0.25, 0.3) is 0 Å². The lowest BCUT2D eigenvalue weighted by molar-refractivity contribution is 0.257. The topological polar surface area (TPSA) is 49.7 Å². The van der Waals surface area contributed by atoms with E-state index in [9.17, 15) is 0 Å². The van der Waals surface area contributed by atoms with Gasteiger partial charge >= 0.3 is 7.32 Å². The molecule has 3 nitrogen and oxygen atoms in total. The average molecular weight is 102 g/mol. The molecule has 0 atom stereocenters. The van der Waals surface area contributed by atoms with Crippen LogP contribution in [-0.2, 0) is 4.65 Å². The Morgan fingerprint density at radius 3 is 2.29 bits per heavy atom. The van der Waals surface area contributed by atoms with Crippen LogP contribution in [0.15, 0.2) is 12.3 Å². The number of hydrogen-bond acceptors (Lipinski definition) is 3. The summed E-state index contributed by atoms with van der Waals surface area (Å²) in [4.78, 5) is 0. The van der Waals surface area contributed by atoms with Gasteiger partial charge in [-0.15, -0.1) is 0 Å². The molecular weight excluding hydrogens is 94.8 g/mol. The Bertz CT molecular complexity index is 61.2. The molecule has 0 aromatic carbocycles. The standard InChI is InChI=1S/C3H7BO3/c1-2-3-7-4(5)6/h2-3,5-6H,1H3. The second-order valence-electron chi connectivity index (χ2n) is 0.932. The first kappa shape index (κ1) is 6.52. The van der Waals surface area contributed by atoms with Crippen molar-refractivity contribution >= 4 is 7.32 Å². The molecule has 0 radical (unpaired) electrons. The summed E-state index contributed by atoms with van der Waals surface area (Å²) in [7, 11) is -1.68. The van der Waals surface area contributed by atoms with Crippen LogP contribution in [0.1, 0.15) is 6.92 Å². The Kier molecular flexibility index (Phi) is 3.45. The highest BCUT2D eigenvalue weighted by Gasteiger charge is 2.04. The van der Waals surface area contributed by atoms with Gasteiger partial charge in [0.25, 0.3) is 0 Å². The zero-order valence-corrected chi connectivity index (χ0v) is 4.03. The lowest BCUT2D eigenvalue weighted by Crippen LogP contribution is -2.12. The Balaban J connectivity index is 2.97. The maximum Gasteiger partial charge on any atom is 0.707 e. The van der Waals surface area contributed by atoms with E-state index in [-0.39, 0.29) is 0 Å². The molecule has 0 bridgehead atoms. The number of rotatable bonds is 2. The Morgan fingerprint density at radius 2 is 2.14 bits per heavy atom. The lowest BCUT2D eigenvalue weighted by Gasteiger charge is -1.91. The molecule has 0 fully saturated rings. The minimum absolute atomic E-state index is 1.20. The Morgan fingerprint density at radius 1 is 1.57 bits per heavy atom. The molecule has 0 amide bonds. The molecule has 0 aromatic heterocycles. The van der Waals surface area contributed by atoms with E-state index in [0.717, 1.165) is 0 Å². The fourth-order valence-corrected chi connectivity index (χ4v) is 0.149. The second kappa shape index (κ2) is 3.71. The van der Waals surface area contributed by atoms with E-state index < -0.39 is 7.32 Å². The molecule has 7 heavy (non-hydrogen) atoms. The van der Waals surface area contributed by atoms with Crippen LogP contribution in [0.2, 0.25) is 0 Å². The van der Waals surface area contributed by atoms with Gasteiger partial charge in [-0.2, -0.15) is 0 Å². The SMILES string of the molecule is CC=COB(O)O. The van der Waals surface area contributed by atoms with E-state index in [1.807, 2.05) is 0 Å². The molecule has 0 aliphatic rings. The van der Waals surface area contributed by atoms with Crippen molar-refractivity contribution in [3.05, 3.63) is 12.3 Å². The van der Waals surface area contributed by atoms with Crippen LogP contribution in [0.4, 0.5) is 0 Å². The van der Waals surface area contributed by atoms with Crippen molar-refractivity contribution < 1.29 is 14.7 Å². The summed E-state index contributed by atoms with van der Waals surface area (Å²) < 4.78 is 4.12. The summed E-state index contributed by atoms with van der Waals surface area (Å²) in [6, 6.07) is 0. The van der Waals surface area contributed by atoms with Crippen molar-refractivity contribution in [1.29, 1.82) is 0 Å². The van der Waals surface area contributed by atoms with Crippen molar-refractivity contribution in [2.45, 2.75) is 6.92 Å². The third-order valence-corrected chi connectivity index (χ3v) is 0.336. The van der Waals surface area contributed by atoms with Crippen LogP contribution in [0, 0.1) is 0 Å². The summed E-state index contributed by atoms with van der Waals surface area (Å²) >= 11 is 0. The highest BCUT2D eigenvalue weighted by Crippen LogP contribution is 1.75. The van der Waals surface area contributed by atoms with E-state index >= 15 is 0 Å². The van der Waals surface area contributed by atoms with E-state index in [2.05, 4.69) is 4.65 Å². The number of allylic oxidation sites excluding steroid dienone is 1. The van der Waals surface area contributed by atoms with Crippen LogP contribution in [0.3, 0.4) is 0 Å². The third-order valence-electron chi connectivity index (χ3n) is 0.336. The summed E-state index contributed by atoms with van der Waals surface area (Å²) in [6.07, 6.45) is 2.75. The van der Waals surface area contributed by atoms with Crippen molar-refractivity contribution in [1.82, 2.24) is 0 Å². The van der Waals surface area contributed by atoms with Crippen molar-refractivity contribution in [2.75, 3.05) is 0 Å². The summed E-state index contributed by atoms with van der Waals surface area (Å²) in [5.41, 5.74) is 0. The third kappa shape index (κ3) is 5.52. The highest BCUT2D eigenvalue weighted by molar-refractivity contribution is 6.32. The average Bonchev–Trinajstić information content (AvgIpc) is 1.61. The molecule has 0 heterocycles. The summed E-state index contributed by atoms with van der Waals surface area (Å²) in [6.45, 7) is 1.71. The molecule has 2 N–H and O–H groups in total. The lowest BCUT2D eigenvalue weighted by atomic mass is 10.3. The highest BCUT2D eigenvalue weighted by atomic mass is 16.6. The van der Waals surface area contributed by atoms with Crippen LogP contribution in [0.5, 0.6) is 0 Å². The van der Waals surface area contributed by atoms with E-state index in [1.54, 1.807) is 13.0 Å². The van der Waals surface area contributed by atoms with Gasteiger partial charge in [-0.3, -0.25) is 0 Å². The van der Waals surface area contributed by atoms with Gasteiger partial charge in [-0.05, 0) is 6.92 Å². The first-order valence-electron chi connectivity index (χ1n) is 1.90. The maximum absolute atomic E-state index is 7.97. The maximum atomic E-state index is 7.97. The minimum Gasteiger partial charge on any atom is -0.519 e. The smallest absolute Gasteiger partial charge is 0.519 e.